The van der Waals surface area contributed by atoms with Gasteiger partial charge in [-0.2, -0.15) is 0 Å². The largest absolute Gasteiger partial charge is 0.483 e. The molecule has 0 spiro atoms. The zero-order valence-corrected chi connectivity index (χ0v) is 13.6. The van der Waals surface area contributed by atoms with E-state index in [9.17, 15) is 0 Å². The van der Waals surface area contributed by atoms with Gasteiger partial charge in [-0.25, -0.2) is 0 Å². The molecule has 0 fully saturated rings. The van der Waals surface area contributed by atoms with E-state index >= 15 is 0 Å². The highest BCUT2D eigenvalue weighted by Crippen LogP contribution is 2.32. The minimum Gasteiger partial charge on any atom is -0.483 e. The lowest BCUT2D eigenvalue weighted by Gasteiger charge is -2.24. The summed E-state index contributed by atoms with van der Waals surface area (Å²) in [5, 5.41) is 2.11. The van der Waals surface area contributed by atoms with E-state index in [4.69, 9.17) is 10.5 Å². The highest BCUT2D eigenvalue weighted by molar-refractivity contribution is 7.10. The van der Waals surface area contributed by atoms with Crippen LogP contribution in [0.3, 0.4) is 0 Å². The summed E-state index contributed by atoms with van der Waals surface area (Å²) in [6.07, 6.45) is 4.91. The Bertz CT molecular complexity index is 617. The number of thiophene rings is 1. The minimum absolute atomic E-state index is 0.0293. The molecule has 2 nitrogen and oxygen atoms in total. The molecule has 3 heteroatoms. The minimum atomic E-state index is -0.0633. The Hall–Kier alpha value is -1.32. The van der Waals surface area contributed by atoms with Crippen molar-refractivity contribution >= 4 is 11.3 Å². The maximum absolute atomic E-state index is 6.25. The van der Waals surface area contributed by atoms with Crippen molar-refractivity contribution in [1.82, 2.24) is 0 Å². The first-order chi connectivity index (χ1) is 10.1. The van der Waals surface area contributed by atoms with E-state index in [0.29, 0.717) is 0 Å². The first-order valence-electron chi connectivity index (χ1n) is 7.73. The molecule has 2 atom stereocenters. The standard InChI is InChI=1S/C18H23NOS/c1-12-9-10-21-18(12)17(13(2)19)20-16-8-7-14-5-3-4-6-15(14)11-16/h7-11,13,17H,3-6,19H2,1-2H3. The normalized spacial score (nSPS) is 17.1. The molecule has 1 aliphatic carbocycles. The second-order valence-corrected chi connectivity index (χ2v) is 6.95. The molecule has 21 heavy (non-hydrogen) atoms. The number of fused-ring (bicyclic) bond motifs is 1. The van der Waals surface area contributed by atoms with Crippen LogP contribution in [0.15, 0.2) is 29.6 Å². The summed E-state index contributed by atoms with van der Waals surface area (Å²) < 4.78 is 6.25. The number of ether oxygens (including phenoxy) is 1. The summed E-state index contributed by atoms with van der Waals surface area (Å²) in [7, 11) is 0. The summed E-state index contributed by atoms with van der Waals surface area (Å²) in [5.41, 5.74) is 10.4. The summed E-state index contributed by atoms with van der Waals surface area (Å²) in [6, 6.07) is 8.64. The third-order valence-electron chi connectivity index (χ3n) is 4.22. The highest BCUT2D eigenvalue weighted by atomic mass is 32.1. The number of hydrogen-bond donors (Lipinski definition) is 1. The molecule has 0 saturated heterocycles. The van der Waals surface area contributed by atoms with Crippen molar-refractivity contribution in [2.24, 2.45) is 5.73 Å². The summed E-state index contributed by atoms with van der Waals surface area (Å²) in [6.45, 7) is 4.14. The van der Waals surface area contributed by atoms with Crippen LogP contribution in [0.25, 0.3) is 0 Å². The van der Waals surface area contributed by atoms with Crippen molar-refractivity contribution in [3.63, 3.8) is 0 Å². The van der Waals surface area contributed by atoms with Gasteiger partial charge in [-0.1, -0.05) is 6.07 Å². The average Bonchev–Trinajstić information content (AvgIpc) is 2.90. The Morgan fingerprint density at radius 2 is 1.90 bits per heavy atom. The van der Waals surface area contributed by atoms with E-state index in [2.05, 4.69) is 36.6 Å². The summed E-state index contributed by atoms with van der Waals surface area (Å²) >= 11 is 1.73. The Morgan fingerprint density at radius 3 is 2.57 bits per heavy atom. The van der Waals surface area contributed by atoms with Gasteiger partial charge in [-0.05, 0) is 79.8 Å². The zero-order chi connectivity index (χ0) is 14.8. The van der Waals surface area contributed by atoms with Gasteiger partial charge < -0.3 is 10.5 Å². The maximum atomic E-state index is 6.25. The Kier molecular flexibility index (Phi) is 4.32. The predicted molar refractivity (Wildman–Crippen MR) is 89.2 cm³/mol. The molecule has 0 bridgehead atoms. The molecule has 1 aromatic carbocycles. The molecule has 2 N–H and O–H groups in total. The molecule has 1 aliphatic rings. The van der Waals surface area contributed by atoms with Gasteiger partial charge in [-0.3, -0.25) is 0 Å². The predicted octanol–water partition coefficient (Wildman–Crippen LogP) is 4.40. The van der Waals surface area contributed by atoms with Gasteiger partial charge in [0.15, 0.2) is 0 Å². The molecule has 2 unspecified atom stereocenters. The van der Waals surface area contributed by atoms with Gasteiger partial charge >= 0.3 is 0 Å². The van der Waals surface area contributed by atoms with Crippen molar-refractivity contribution in [3.05, 3.63) is 51.2 Å². The average molecular weight is 301 g/mol. The van der Waals surface area contributed by atoms with E-state index in [-0.39, 0.29) is 12.1 Å². The molecular formula is C18H23NOS. The number of aryl methyl sites for hydroxylation is 3. The number of benzene rings is 1. The quantitative estimate of drug-likeness (QED) is 0.908. The van der Waals surface area contributed by atoms with Crippen LogP contribution in [0.4, 0.5) is 0 Å². The summed E-state index contributed by atoms with van der Waals surface area (Å²) in [4.78, 5) is 1.24. The van der Waals surface area contributed by atoms with Crippen LogP contribution in [0.5, 0.6) is 5.75 Å². The van der Waals surface area contributed by atoms with E-state index in [0.717, 1.165) is 5.75 Å². The lowest BCUT2D eigenvalue weighted by Crippen LogP contribution is -2.29. The lowest BCUT2D eigenvalue weighted by molar-refractivity contribution is 0.183. The zero-order valence-electron chi connectivity index (χ0n) is 12.8. The third-order valence-corrected chi connectivity index (χ3v) is 5.30. The topological polar surface area (TPSA) is 35.2 Å². The Morgan fingerprint density at radius 1 is 1.14 bits per heavy atom. The fourth-order valence-corrected chi connectivity index (χ4v) is 4.07. The Labute approximate surface area is 130 Å². The Balaban J connectivity index is 1.85. The second-order valence-electron chi connectivity index (χ2n) is 6.00. The van der Waals surface area contributed by atoms with Crippen LogP contribution in [-0.2, 0) is 12.8 Å². The van der Waals surface area contributed by atoms with Crippen LogP contribution >= 0.6 is 11.3 Å². The monoisotopic (exact) mass is 301 g/mol. The van der Waals surface area contributed by atoms with Gasteiger partial charge in [0.1, 0.15) is 11.9 Å². The van der Waals surface area contributed by atoms with Crippen molar-refractivity contribution in [2.45, 2.75) is 51.7 Å². The van der Waals surface area contributed by atoms with E-state index < -0.39 is 0 Å². The third kappa shape index (κ3) is 3.14. The second kappa shape index (κ2) is 6.20. The van der Waals surface area contributed by atoms with Crippen LogP contribution < -0.4 is 10.5 Å². The molecule has 1 heterocycles. The number of hydrogen-bond acceptors (Lipinski definition) is 3. The summed E-state index contributed by atoms with van der Waals surface area (Å²) in [5.74, 6) is 0.950. The van der Waals surface area contributed by atoms with Gasteiger partial charge in [0, 0.05) is 10.9 Å². The van der Waals surface area contributed by atoms with Crippen LogP contribution in [-0.4, -0.2) is 6.04 Å². The lowest BCUT2D eigenvalue weighted by atomic mass is 9.92. The molecule has 2 aromatic rings. The molecule has 0 saturated carbocycles. The van der Waals surface area contributed by atoms with Gasteiger partial charge in [0.2, 0.25) is 0 Å². The first-order valence-corrected chi connectivity index (χ1v) is 8.61. The van der Waals surface area contributed by atoms with Gasteiger partial charge in [-0.15, -0.1) is 11.3 Å². The van der Waals surface area contributed by atoms with Gasteiger partial charge in [0.05, 0.1) is 0 Å². The maximum Gasteiger partial charge on any atom is 0.148 e. The number of nitrogens with two attached hydrogens (primary N) is 1. The molecule has 1 aromatic heterocycles. The highest BCUT2D eigenvalue weighted by Gasteiger charge is 2.22. The first kappa shape index (κ1) is 14.6. The molecule has 112 valence electrons. The molecular weight excluding hydrogens is 278 g/mol. The van der Waals surface area contributed by atoms with Crippen molar-refractivity contribution in [1.29, 1.82) is 0 Å². The molecule has 3 rings (SSSR count). The van der Waals surface area contributed by atoms with E-state index in [1.165, 1.54) is 47.3 Å². The van der Waals surface area contributed by atoms with Crippen molar-refractivity contribution < 1.29 is 4.74 Å². The smallest absolute Gasteiger partial charge is 0.148 e. The fraction of sp³-hybridized carbons (Fsp3) is 0.444. The van der Waals surface area contributed by atoms with Crippen LogP contribution in [0, 0.1) is 6.92 Å². The van der Waals surface area contributed by atoms with Crippen molar-refractivity contribution in [2.75, 3.05) is 0 Å². The molecule has 0 aliphatic heterocycles. The van der Waals surface area contributed by atoms with Crippen molar-refractivity contribution in [3.8, 4) is 5.75 Å². The molecule has 0 radical (unpaired) electrons. The SMILES string of the molecule is Cc1ccsc1C(Oc1ccc2c(c1)CCCC2)C(C)N. The van der Waals surface area contributed by atoms with E-state index in [1.54, 1.807) is 11.3 Å². The van der Waals surface area contributed by atoms with Crippen LogP contribution in [0.1, 0.15) is 47.4 Å². The van der Waals surface area contributed by atoms with Gasteiger partial charge in [0.25, 0.3) is 0 Å². The fourth-order valence-electron chi connectivity index (χ4n) is 3.01. The van der Waals surface area contributed by atoms with E-state index in [1.807, 2.05) is 6.92 Å². The van der Waals surface area contributed by atoms with Crippen LogP contribution in [0.2, 0.25) is 0 Å². The molecule has 0 amide bonds. The number of rotatable bonds is 4.